The van der Waals surface area contributed by atoms with Crippen molar-refractivity contribution in [3.05, 3.63) is 65.9 Å². The summed E-state index contributed by atoms with van der Waals surface area (Å²) in [7, 11) is 0. The second kappa shape index (κ2) is 13.5. The highest BCUT2D eigenvalue weighted by Crippen LogP contribution is 2.35. The van der Waals surface area contributed by atoms with E-state index in [1.807, 2.05) is 6.07 Å². The van der Waals surface area contributed by atoms with Crippen molar-refractivity contribution >= 4 is 21.9 Å². The molecule has 0 aliphatic rings. The summed E-state index contributed by atoms with van der Waals surface area (Å²) < 4.78 is 6.32. The lowest BCUT2D eigenvalue weighted by molar-refractivity contribution is 0.598. The molecule has 0 saturated heterocycles. The minimum Gasteiger partial charge on any atom is -0.455 e. The fourth-order valence-electron chi connectivity index (χ4n) is 5.27. The first-order valence-corrected chi connectivity index (χ1v) is 14.2. The van der Waals surface area contributed by atoms with E-state index >= 15 is 0 Å². The highest BCUT2D eigenvalue weighted by atomic mass is 16.3. The van der Waals surface area contributed by atoms with Crippen LogP contribution in [0.2, 0.25) is 0 Å². The molecule has 0 unspecified atom stereocenters. The van der Waals surface area contributed by atoms with E-state index in [0.29, 0.717) is 0 Å². The first-order valence-electron chi connectivity index (χ1n) is 14.2. The molecular weight excluding hydrogens is 426 g/mol. The predicted octanol–water partition coefficient (Wildman–Crippen LogP) is 10.5. The van der Waals surface area contributed by atoms with Crippen molar-refractivity contribution in [3.8, 4) is 11.3 Å². The van der Waals surface area contributed by atoms with Crippen LogP contribution >= 0.6 is 0 Å². The van der Waals surface area contributed by atoms with Gasteiger partial charge < -0.3 is 4.42 Å². The van der Waals surface area contributed by atoms with E-state index < -0.39 is 0 Å². The summed E-state index contributed by atoms with van der Waals surface area (Å²) in [5, 5.41) is 2.35. The molecule has 2 heteroatoms. The minimum atomic E-state index is 0.946. The average molecular weight is 470 g/mol. The smallest absolute Gasteiger partial charge is 0.144 e. The van der Waals surface area contributed by atoms with Gasteiger partial charge in [0.15, 0.2) is 0 Å². The Labute approximate surface area is 212 Å². The molecule has 0 bridgehead atoms. The third kappa shape index (κ3) is 6.75. The fraction of sp³-hybridized carbons (Fsp3) is 0.485. The Bertz CT molecular complexity index is 1190. The van der Waals surface area contributed by atoms with Gasteiger partial charge in [0.25, 0.3) is 0 Å². The van der Waals surface area contributed by atoms with Gasteiger partial charge in [0.2, 0.25) is 0 Å². The molecule has 2 aromatic carbocycles. The van der Waals surface area contributed by atoms with Crippen LogP contribution in [0.15, 0.2) is 59.1 Å². The molecule has 0 N–H and O–H groups in total. The highest BCUT2D eigenvalue weighted by Gasteiger charge is 2.14. The van der Waals surface area contributed by atoms with Gasteiger partial charge in [0, 0.05) is 22.5 Å². The zero-order valence-electron chi connectivity index (χ0n) is 22.0. The van der Waals surface area contributed by atoms with Crippen LogP contribution in [0.1, 0.15) is 102 Å². The number of nitrogens with zero attached hydrogens (tertiary/aromatic N) is 1. The van der Waals surface area contributed by atoms with Crippen molar-refractivity contribution in [1.29, 1.82) is 0 Å². The molecule has 0 aliphatic carbocycles. The number of fused-ring (bicyclic) bond motifs is 3. The SMILES string of the molecule is CCCCCCCCc1cnc(-c2cccc3c2oc2ccccc23)cc1CCCCCCCC. The maximum atomic E-state index is 6.32. The number of aryl methyl sites for hydroxylation is 2. The van der Waals surface area contributed by atoms with Gasteiger partial charge in [-0.1, -0.05) is 108 Å². The molecule has 0 amide bonds. The number of para-hydroxylation sites is 2. The molecule has 2 nitrogen and oxygen atoms in total. The largest absolute Gasteiger partial charge is 0.455 e. The molecule has 0 aliphatic heterocycles. The van der Waals surface area contributed by atoms with Crippen LogP contribution < -0.4 is 0 Å². The predicted molar refractivity (Wildman–Crippen MR) is 151 cm³/mol. The van der Waals surface area contributed by atoms with E-state index in [0.717, 1.165) is 35.3 Å². The number of aromatic nitrogens is 1. The number of pyridine rings is 1. The van der Waals surface area contributed by atoms with Crippen molar-refractivity contribution in [2.24, 2.45) is 0 Å². The third-order valence-corrected chi connectivity index (χ3v) is 7.36. The third-order valence-electron chi connectivity index (χ3n) is 7.36. The van der Waals surface area contributed by atoms with Crippen molar-refractivity contribution < 1.29 is 4.42 Å². The Kier molecular flexibility index (Phi) is 9.81. The molecular formula is C33H43NO. The van der Waals surface area contributed by atoms with Crippen LogP contribution in [-0.4, -0.2) is 4.98 Å². The Morgan fingerprint density at radius 3 is 2.00 bits per heavy atom. The number of benzene rings is 2. The van der Waals surface area contributed by atoms with E-state index in [-0.39, 0.29) is 0 Å². The van der Waals surface area contributed by atoms with Crippen LogP contribution in [0.3, 0.4) is 0 Å². The first-order chi connectivity index (χ1) is 17.3. The average Bonchev–Trinajstić information content (AvgIpc) is 3.27. The van der Waals surface area contributed by atoms with Gasteiger partial charge in [-0.15, -0.1) is 0 Å². The Morgan fingerprint density at radius 1 is 0.629 bits per heavy atom. The molecule has 35 heavy (non-hydrogen) atoms. The number of unbranched alkanes of at least 4 members (excludes halogenated alkanes) is 10. The normalized spacial score (nSPS) is 11.6. The van der Waals surface area contributed by atoms with Crippen molar-refractivity contribution in [1.82, 2.24) is 4.98 Å². The molecule has 0 spiro atoms. The Balaban J connectivity index is 1.54. The molecule has 4 rings (SSSR count). The fourth-order valence-corrected chi connectivity index (χ4v) is 5.27. The van der Waals surface area contributed by atoms with Crippen molar-refractivity contribution in [3.63, 3.8) is 0 Å². The topological polar surface area (TPSA) is 26.0 Å². The lowest BCUT2D eigenvalue weighted by Gasteiger charge is -2.12. The van der Waals surface area contributed by atoms with Gasteiger partial charge in [-0.2, -0.15) is 0 Å². The molecule has 2 heterocycles. The lowest BCUT2D eigenvalue weighted by atomic mass is 9.95. The monoisotopic (exact) mass is 469 g/mol. The van der Waals surface area contributed by atoms with E-state index in [2.05, 4.69) is 62.5 Å². The first kappa shape index (κ1) is 25.5. The highest BCUT2D eigenvalue weighted by molar-refractivity contribution is 6.09. The molecule has 2 aromatic heterocycles. The second-order valence-electron chi connectivity index (χ2n) is 10.2. The van der Waals surface area contributed by atoms with Crippen LogP contribution in [0.5, 0.6) is 0 Å². The Hall–Kier alpha value is -2.61. The van der Waals surface area contributed by atoms with E-state index in [9.17, 15) is 0 Å². The van der Waals surface area contributed by atoms with Crippen molar-refractivity contribution in [2.75, 3.05) is 0 Å². The molecule has 186 valence electrons. The molecule has 0 radical (unpaired) electrons. The summed E-state index contributed by atoms with van der Waals surface area (Å²) in [6.45, 7) is 4.57. The van der Waals surface area contributed by atoms with Gasteiger partial charge in [-0.25, -0.2) is 0 Å². The number of rotatable bonds is 15. The van der Waals surface area contributed by atoms with E-state index in [4.69, 9.17) is 9.40 Å². The molecule has 0 saturated carbocycles. The van der Waals surface area contributed by atoms with Crippen LogP contribution in [-0.2, 0) is 12.8 Å². The summed E-state index contributed by atoms with van der Waals surface area (Å²) in [4.78, 5) is 4.97. The standard InChI is InChI=1S/C33H43NO/c1-3-5-7-9-11-13-18-26-24-31(34-25-27(26)19-14-12-10-8-6-4-2)30-22-17-21-29-28-20-15-16-23-32(28)35-33(29)30/h15-17,20-25H,3-14,18-19H2,1-2H3. The zero-order chi connectivity index (χ0) is 24.3. The van der Waals surface area contributed by atoms with Gasteiger partial charge in [0.1, 0.15) is 11.2 Å². The number of furan rings is 1. The lowest BCUT2D eigenvalue weighted by Crippen LogP contribution is -1.99. The zero-order valence-corrected chi connectivity index (χ0v) is 22.0. The maximum Gasteiger partial charge on any atom is 0.144 e. The van der Waals surface area contributed by atoms with Gasteiger partial charge in [0.05, 0.1) is 5.69 Å². The maximum absolute atomic E-state index is 6.32. The molecule has 4 aromatic rings. The van der Waals surface area contributed by atoms with E-state index in [1.54, 1.807) is 0 Å². The van der Waals surface area contributed by atoms with Crippen LogP contribution in [0.4, 0.5) is 0 Å². The Morgan fingerprint density at radius 2 is 1.26 bits per heavy atom. The second-order valence-corrected chi connectivity index (χ2v) is 10.2. The number of hydrogen-bond acceptors (Lipinski definition) is 2. The number of hydrogen-bond donors (Lipinski definition) is 0. The summed E-state index contributed by atoms with van der Waals surface area (Å²) in [5.41, 5.74) is 7.00. The minimum absolute atomic E-state index is 0.946. The quantitative estimate of drug-likeness (QED) is 0.162. The molecule has 0 atom stereocenters. The van der Waals surface area contributed by atoms with Gasteiger partial charge in [-0.3, -0.25) is 4.98 Å². The van der Waals surface area contributed by atoms with Gasteiger partial charge in [-0.05, 0) is 55.0 Å². The van der Waals surface area contributed by atoms with Gasteiger partial charge >= 0.3 is 0 Å². The van der Waals surface area contributed by atoms with E-state index in [1.165, 1.54) is 98.9 Å². The van der Waals surface area contributed by atoms with Crippen LogP contribution in [0.25, 0.3) is 33.2 Å². The van der Waals surface area contributed by atoms with Crippen molar-refractivity contribution in [2.45, 2.75) is 104 Å². The summed E-state index contributed by atoms with van der Waals surface area (Å²) in [6, 6.07) is 17.1. The van der Waals surface area contributed by atoms with Crippen LogP contribution in [0, 0.1) is 0 Å². The summed E-state index contributed by atoms with van der Waals surface area (Å²) >= 11 is 0. The summed E-state index contributed by atoms with van der Waals surface area (Å²) in [5.74, 6) is 0. The molecule has 0 fully saturated rings. The summed E-state index contributed by atoms with van der Waals surface area (Å²) in [6.07, 6.45) is 20.5.